The van der Waals surface area contributed by atoms with E-state index in [0.717, 1.165) is 24.3 Å². The van der Waals surface area contributed by atoms with E-state index >= 15 is 0 Å². The van der Waals surface area contributed by atoms with Crippen molar-refractivity contribution < 1.29 is 14.3 Å². The molecule has 5 heteroatoms. The molecule has 1 aromatic rings. The molecule has 1 aliphatic rings. The van der Waals surface area contributed by atoms with Gasteiger partial charge in [0.05, 0.1) is 0 Å². The Bertz CT molecular complexity index is 399. The van der Waals surface area contributed by atoms with Crippen LogP contribution in [0.2, 0.25) is 0 Å². The van der Waals surface area contributed by atoms with Crippen LogP contribution in [0.4, 0.5) is 4.39 Å². The summed E-state index contributed by atoms with van der Waals surface area (Å²) >= 11 is 1.78. The first-order valence-corrected chi connectivity index (χ1v) is 6.70. The Labute approximate surface area is 103 Å². The van der Waals surface area contributed by atoms with E-state index in [0.29, 0.717) is 0 Å². The van der Waals surface area contributed by atoms with Gasteiger partial charge in [0.25, 0.3) is 5.91 Å². The van der Waals surface area contributed by atoms with E-state index in [-0.39, 0.29) is 17.4 Å². The normalized spacial score (nSPS) is 19.9. The number of amides is 1. The van der Waals surface area contributed by atoms with Crippen molar-refractivity contribution in [3.63, 3.8) is 0 Å². The van der Waals surface area contributed by atoms with Gasteiger partial charge in [-0.05, 0) is 30.7 Å². The van der Waals surface area contributed by atoms with Gasteiger partial charge >= 0.3 is 0 Å². The standard InChI is InChI=1S/C12H14FNO2S/c13-9-4-1-5-10(15)11(9)12(16)14-8-3-2-6-17-7-8/h1,4-5,8,15H,2-3,6-7H2,(H,14,16)/t8-/m1/s1. The van der Waals surface area contributed by atoms with Crippen LogP contribution in [0.5, 0.6) is 5.75 Å². The van der Waals surface area contributed by atoms with Crippen molar-refractivity contribution in [3.8, 4) is 5.75 Å². The van der Waals surface area contributed by atoms with Crippen LogP contribution in [-0.2, 0) is 0 Å². The van der Waals surface area contributed by atoms with Gasteiger partial charge in [-0.15, -0.1) is 0 Å². The van der Waals surface area contributed by atoms with Crippen molar-refractivity contribution in [1.82, 2.24) is 5.32 Å². The van der Waals surface area contributed by atoms with Crippen molar-refractivity contribution in [2.75, 3.05) is 11.5 Å². The SMILES string of the molecule is O=C(N[C@@H]1CCCSC1)c1c(O)cccc1F. The summed E-state index contributed by atoms with van der Waals surface area (Å²) < 4.78 is 13.4. The van der Waals surface area contributed by atoms with E-state index < -0.39 is 11.7 Å². The van der Waals surface area contributed by atoms with Crippen molar-refractivity contribution in [3.05, 3.63) is 29.6 Å². The molecule has 0 aromatic heterocycles. The maximum absolute atomic E-state index is 13.4. The molecule has 1 fully saturated rings. The Morgan fingerprint density at radius 2 is 2.35 bits per heavy atom. The molecule has 3 nitrogen and oxygen atoms in total. The molecule has 17 heavy (non-hydrogen) atoms. The molecule has 0 aliphatic carbocycles. The predicted molar refractivity (Wildman–Crippen MR) is 65.9 cm³/mol. The van der Waals surface area contributed by atoms with E-state index in [1.54, 1.807) is 11.8 Å². The molecule has 2 rings (SSSR count). The molecule has 1 heterocycles. The molecular formula is C12H14FNO2S. The number of phenolic OH excluding ortho intramolecular Hbond substituents is 1. The highest BCUT2D eigenvalue weighted by Crippen LogP contribution is 2.21. The number of carbonyl (C=O) groups is 1. The predicted octanol–water partition coefficient (Wildman–Crippen LogP) is 2.16. The summed E-state index contributed by atoms with van der Waals surface area (Å²) in [6.45, 7) is 0. The lowest BCUT2D eigenvalue weighted by Crippen LogP contribution is -2.38. The fraction of sp³-hybridized carbons (Fsp3) is 0.417. The summed E-state index contributed by atoms with van der Waals surface area (Å²) in [4.78, 5) is 11.8. The molecule has 92 valence electrons. The summed E-state index contributed by atoms with van der Waals surface area (Å²) in [5.41, 5.74) is -0.261. The third-order valence-electron chi connectivity index (χ3n) is 2.71. The zero-order valence-electron chi connectivity index (χ0n) is 9.28. The number of phenols is 1. The fourth-order valence-electron chi connectivity index (χ4n) is 1.85. The summed E-state index contributed by atoms with van der Waals surface area (Å²) in [5.74, 6) is 0.420. The monoisotopic (exact) mass is 255 g/mol. The minimum atomic E-state index is -0.689. The molecule has 0 bridgehead atoms. The molecule has 2 N–H and O–H groups in total. The number of aromatic hydroxyl groups is 1. The van der Waals surface area contributed by atoms with Crippen molar-refractivity contribution in [2.45, 2.75) is 18.9 Å². The molecule has 1 aromatic carbocycles. The average molecular weight is 255 g/mol. The summed E-state index contributed by atoms with van der Waals surface area (Å²) in [7, 11) is 0. The number of hydrogen-bond acceptors (Lipinski definition) is 3. The van der Waals surface area contributed by atoms with Gasteiger partial charge < -0.3 is 10.4 Å². The zero-order chi connectivity index (χ0) is 12.3. The summed E-state index contributed by atoms with van der Waals surface area (Å²) in [6.07, 6.45) is 1.97. The van der Waals surface area contributed by atoms with Gasteiger partial charge in [0, 0.05) is 11.8 Å². The van der Waals surface area contributed by atoms with Gasteiger partial charge in [-0.1, -0.05) is 6.07 Å². The number of halogens is 1. The Balaban J connectivity index is 2.08. The molecule has 0 unspecified atom stereocenters. The third-order valence-corrected chi connectivity index (χ3v) is 3.93. The Morgan fingerprint density at radius 3 is 3.00 bits per heavy atom. The highest BCUT2D eigenvalue weighted by molar-refractivity contribution is 7.99. The number of rotatable bonds is 2. The highest BCUT2D eigenvalue weighted by atomic mass is 32.2. The van der Waals surface area contributed by atoms with Gasteiger partial charge in [0.15, 0.2) is 0 Å². The smallest absolute Gasteiger partial charge is 0.258 e. The van der Waals surface area contributed by atoms with E-state index in [9.17, 15) is 14.3 Å². The topological polar surface area (TPSA) is 49.3 Å². The number of thioether (sulfide) groups is 1. The molecule has 0 saturated carbocycles. The molecule has 0 spiro atoms. The average Bonchev–Trinajstić information content (AvgIpc) is 2.30. The van der Waals surface area contributed by atoms with Gasteiger partial charge in [-0.3, -0.25) is 4.79 Å². The minimum absolute atomic E-state index is 0.0697. The number of nitrogens with one attached hydrogen (secondary N) is 1. The van der Waals surface area contributed by atoms with E-state index in [1.165, 1.54) is 18.2 Å². The van der Waals surface area contributed by atoms with Gasteiger partial charge in [0.2, 0.25) is 0 Å². The third kappa shape index (κ3) is 2.91. The van der Waals surface area contributed by atoms with Crippen LogP contribution in [0.3, 0.4) is 0 Å². The minimum Gasteiger partial charge on any atom is -0.507 e. The van der Waals surface area contributed by atoms with Crippen molar-refractivity contribution in [2.24, 2.45) is 0 Å². The van der Waals surface area contributed by atoms with Crippen LogP contribution < -0.4 is 5.32 Å². The lowest BCUT2D eigenvalue weighted by atomic mass is 10.1. The van der Waals surface area contributed by atoms with Crippen LogP contribution in [0.25, 0.3) is 0 Å². The van der Waals surface area contributed by atoms with Gasteiger partial charge in [-0.25, -0.2) is 4.39 Å². The van der Waals surface area contributed by atoms with Crippen LogP contribution in [0, 0.1) is 5.82 Å². The molecule has 1 saturated heterocycles. The van der Waals surface area contributed by atoms with Crippen molar-refractivity contribution in [1.29, 1.82) is 0 Å². The highest BCUT2D eigenvalue weighted by Gasteiger charge is 2.21. The van der Waals surface area contributed by atoms with E-state index in [2.05, 4.69) is 5.32 Å². The van der Waals surface area contributed by atoms with Crippen LogP contribution in [0.1, 0.15) is 23.2 Å². The molecule has 1 amide bonds. The van der Waals surface area contributed by atoms with E-state index in [1.807, 2.05) is 0 Å². The van der Waals surface area contributed by atoms with E-state index in [4.69, 9.17) is 0 Å². The first-order chi connectivity index (χ1) is 8.18. The lowest BCUT2D eigenvalue weighted by Gasteiger charge is -2.22. The molecule has 0 radical (unpaired) electrons. The maximum Gasteiger partial charge on any atom is 0.258 e. The van der Waals surface area contributed by atoms with Gasteiger partial charge in [0.1, 0.15) is 17.1 Å². The Hall–Kier alpha value is -1.23. The Morgan fingerprint density at radius 1 is 1.53 bits per heavy atom. The molecule has 1 aliphatic heterocycles. The largest absolute Gasteiger partial charge is 0.507 e. The second-order valence-electron chi connectivity index (χ2n) is 4.02. The Kier molecular flexibility index (Phi) is 3.89. The maximum atomic E-state index is 13.4. The lowest BCUT2D eigenvalue weighted by molar-refractivity contribution is 0.0931. The summed E-state index contributed by atoms with van der Waals surface area (Å²) in [5, 5.41) is 12.2. The second kappa shape index (κ2) is 5.40. The van der Waals surface area contributed by atoms with Crippen molar-refractivity contribution >= 4 is 17.7 Å². The zero-order valence-corrected chi connectivity index (χ0v) is 10.1. The second-order valence-corrected chi connectivity index (χ2v) is 5.17. The summed E-state index contributed by atoms with van der Waals surface area (Å²) in [6, 6.07) is 3.93. The fourth-order valence-corrected chi connectivity index (χ4v) is 2.92. The first kappa shape index (κ1) is 12.2. The van der Waals surface area contributed by atoms with Crippen LogP contribution in [-0.4, -0.2) is 28.6 Å². The van der Waals surface area contributed by atoms with Crippen LogP contribution >= 0.6 is 11.8 Å². The first-order valence-electron chi connectivity index (χ1n) is 5.54. The quantitative estimate of drug-likeness (QED) is 0.851. The number of benzene rings is 1. The molecular weight excluding hydrogens is 241 g/mol. The number of hydrogen-bond donors (Lipinski definition) is 2. The number of carbonyl (C=O) groups excluding carboxylic acids is 1. The van der Waals surface area contributed by atoms with Gasteiger partial charge in [-0.2, -0.15) is 11.8 Å². The van der Waals surface area contributed by atoms with Crippen LogP contribution in [0.15, 0.2) is 18.2 Å². The molecule has 1 atom stereocenters.